The van der Waals surface area contributed by atoms with Crippen LogP contribution in [0.4, 0.5) is 46.2 Å². The number of carboxylic acid groups (broad SMARTS) is 1. The van der Waals surface area contributed by atoms with Gasteiger partial charge >= 0.3 is 18.4 Å². The maximum absolute atomic E-state index is 14.3. The number of fused-ring (bicyclic) bond motifs is 2. The zero-order valence-electron chi connectivity index (χ0n) is 55.5. The van der Waals surface area contributed by atoms with Gasteiger partial charge in [-0.1, -0.05) is 91.3 Å². The number of carbonyl (C=O) groups is 5. The Morgan fingerprint density at radius 2 is 1.32 bits per heavy atom. The maximum atomic E-state index is 14.3. The molecule has 4 aliphatic rings. The average Bonchev–Trinajstić information content (AvgIpc) is 1.61. The van der Waals surface area contributed by atoms with Gasteiger partial charge < -0.3 is 48.9 Å². The van der Waals surface area contributed by atoms with E-state index < -0.39 is 64.6 Å². The number of likely N-dealkylation sites (tertiary alicyclic amines) is 2. The molecule has 5 amide bonds. The molecule has 24 heteroatoms. The molecule has 5 aromatic carbocycles. The van der Waals surface area contributed by atoms with Crippen molar-refractivity contribution in [1.82, 2.24) is 29.4 Å². The molecule has 4 heterocycles. The molecule has 2 atom stereocenters. The summed E-state index contributed by atoms with van der Waals surface area (Å²) >= 11 is 1.43. The van der Waals surface area contributed by atoms with Crippen molar-refractivity contribution in [3.8, 4) is 11.1 Å². The van der Waals surface area contributed by atoms with Gasteiger partial charge in [0.05, 0.1) is 39.3 Å². The number of halogens is 7. The van der Waals surface area contributed by atoms with E-state index in [1.807, 2.05) is 93.8 Å². The minimum absolute atomic E-state index is 0.0298. The van der Waals surface area contributed by atoms with Gasteiger partial charge in [-0.3, -0.25) is 24.1 Å². The number of piperidine rings is 2. The van der Waals surface area contributed by atoms with Crippen molar-refractivity contribution in [2.24, 2.45) is 0 Å². The van der Waals surface area contributed by atoms with E-state index >= 15 is 0 Å². The van der Waals surface area contributed by atoms with Gasteiger partial charge in [-0.2, -0.15) is 26.3 Å². The first-order valence-electron chi connectivity index (χ1n) is 33.1. The normalized spacial score (nSPS) is 18.3. The SMILES string of the molecule is Cc1cc(N(C)CCCCCC(=O)N(C)CCN2CCC(N(C(=O)O)c3ccccc3-c3ccccc3)CC2)sc1C(=O)N(C)CCN(C)C(=O)CO[C@H]1Cc2ccccc2C12CCN(CC[C@@]1(c3ccc(F)cc3)CN(C(=O)c3cc(C(F)(F)F)cc(C(F)(F)F)c3)CO1)CC2. The van der Waals surface area contributed by atoms with Gasteiger partial charge in [0, 0.05) is 110 Å². The van der Waals surface area contributed by atoms with E-state index in [1.54, 1.807) is 28.8 Å². The zero-order chi connectivity index (χ0) is 69.4. The molecule has 0 bridgehead atoms. The van der Waals surface area contributed by atoms with Crippen LogP contribution in [-0.2, 0) is 48.9 Å². The Bertz CT molecular complexity index is 3700. The van der Waals surface area contributed by atoms with Crippen molar-refractivity contribution < 1.29 is 69.3 Å². The molecule has 0 saturated carbocycles. The van der Waals surface area contributed by atoms with E-state index in [9.17, 15) is 59.8 Å². The summed E-state index contributed by atoms with van der Waals surface area (Å²) < 4.78 is 110. The number of benzene rings is 5. The highest BCUT2D eigenvalue weighted by molar-refractivity contribution is 7.18. The number of para-hydroxylation sites is 1. The quantitative estimate of drug-likeness (QED) is 0.0431. The van der Waals surface area contributed by atoms with Gasteiger partial charge in [0.15, 0.2) is 0 Å². The lowest BCUT2D eigenvalue weighted by Crippen LogP contribution is -2.50. The molecule has 16 nitrogen and oxygen atoms in total. The third kappa shape index (κ3) is 17.0. The Labute approximate surface area is 566 Å². The molecule has 1 aliphatic carbocycles. The minimum atomic E-state index is -5.15. The van der Waals surface area contributed by atoms with E-state index in [-0.39, 0.29) is 68.6 Å². The number of carbonyl (C=O) groups excluding carboxylic acids is 4. The predicted octanol–water partition coefficient (Wildman–Crippen LogP) is 12.9. The third-order valence-corrected chi connectivity index (χ3v) is 21.3. The van der Waals surface area contributed by atoms with Crippen LogP contribution in [0.1, 0.15) is 111 Å². The van der Waals surface area contributed by atoms with Crippen LogP contribution < -0.4 is 9.80 Å². The van der Waals surface area contributed by atoms with Gasteiger partial charge in [0.1, 0.15) is 24.8 Å². The largest absolute Gasteiger partial charge is 0.465 e. The summed E-state index contributed by atoms with van der Waals surface area (Å²) in [6, 6.07) is 33.7. The molecule has 1 spiro atoms. The van der Waals surface area contributed by atoms with Crippen LogP contribution in [-0.4, -0.2) is 190 Å². The topological polar surface area (TPSA) is 150 Å². The lowest BCUT2D eigenvalue weighted by Gasteiger charge is -2.44. The molecule has 3 fully saturated rings. The molecule has 1 N–H and O–H groups in total. The molecule has 0 unspecified atom stereocenters. The van der Waals surface area contributed by atoms with Crippen molar-refractivity contribution in [2.75, 3.05) is 123 Å². The summed E-state index contributed by atoms with van der Waals surface area (Å²) in [4.78, 5) is 82.2. The van der Waals surface area contributed by atoms with Crippen molar-refractivity contribution in [1.29, 1.82) is 0 Å². The van der Waals surface area contributed by atoms with Crippen LogP contribution in [0.15, 0.2) is 127 Å². The van der Waals surface area contributed by atoms with E-state index in [0.29, 0.717) is 99.5 Å². The number of alkyl halides is 6. The second-order valence-electron chi connectivity index (χ2n) is 26.3. The first-order chi connectivity index (χ1) is 46.2. The number of rotatable bonds is 25. The summed E-state index contributed by atoms with van der Waals surface area (Å²) in [5.41, 5.74) is 0.451. The smallest absolute Gasteiger partial charge is 0.416 e. The van der Waals surface area contributed by atoms with E-state index in [0.717, 1.165) is 76.6 Å². The number of hydrogen-bond donors (Lipinski definition) is 1. The Morgan fingerprint density at radius 3 is 2.00 bits per heavy atom. The van der Waals surface area contributed by atoms with Gasteiger partial charge in [0.2, 0.25) is 11.8 Å². The van der Waals surface area contributed by atoms with Crippen molar-refractivity contribution in [3.63, 3.8) is 0 Å². The molecule has 1 aromatic heterocycles. The van der Waals surface area contributed by atoms with Crippen molar-refractivity contribution in [3.05, 3.63) is 177 Å². The van der Waals surface area contributed by atoms with E-state index in [1.165, 1.54) is 40.5 Å². The summed E-state index contributed by atoms with van der Waals surface area (Å²) in [5.74, 6) is -1.90. The van der Waals surface area contributed by atoms with Gasteiger partial charge in [-0.05, 0) is 142 Å². The molecular weight excluding hydrogens is 1280 g/mol. The molecule has 10 rings (SSSR count). The number of hydrogen-bond acceptors (Lipinski definition) is 11. The zero-order valence-corrected chi connectivity index (χ0v) is 56.3. The Hall–Kier alpha value is -7.90. The first-order valence-corrected chi connectivity index (χ1v) is 33.9. The van der Waals surface area contributed by atoms with Crippen LogP contribution in [0, 0.1) is 12.7 Å². The van der Waals surface area contributed by atoms with E-state index in [4.69, 9.17) is 9.47 Å². The molecular formula is C73H85F7N8O8S. The Balaban J connectivity index is 0.643. The highest BCUT2D eigenvalue weighted by Gasteiger charge is 2.50. The lowest BCUT2D eigenvalue weighted by molar-refractivity contribution is -0.143. The molecule has 6 aromatic rings. The number of aryl methyl sites for hydroxylation is 1. The number of ether oxygens (including phenoxy) is 2. The number of likely N-dealkylation sites (N-methyl/N-ethyl adjacent to an activating group) is 3. The number of thiophene rings is 1. The number of anilines is 2. The van der Waals surface area contributed by atoms with Crippen LogP contribution >= 0.6 is 11.3 Å². The molecule has 3 saturated heterocycles. The first kappa shape index (κ1) is 71.9. The molecule has 3 aliphatic heterocycles. The molecule has 97 heavy (non-hydrogen) atoms. The standard InChI is InChI=1S/C73H85F7N8O8S/c1-50-42-65(83(4)32-15-7-10-22-63(89)81(2)40-41-85-33-27-58(28-34-85)88(69(93)94)61-21-14-12-19-59(61)51-16-8-6-9-17-51)97-66(50)68(92)84(5)39-38-82(3)64(90)47-95-62-45-52-18-11-13-20-60(52)70(62)29-35-86(36-30-70)37-31-71(54-23-25-57(74)26-24-54)48-87(49-96-71)67(91)53-43-55(72(75,76)77)46-56(44-53)73(78,79)80/h6,8-9,11-14,16-21,23-26,42-44,46,58,62H,7,10,15,22,27-41,45,47-49H2,1-5H3,(H,93,94)/t62-,71-/m0/s1. The second-order valence-corrected chi connectivity index (χ2v) is 27.3. The predicted molar refractivity (Wildman–Crippen MR) is 358 cm³/mol. The lowest BCUT2D eigenvalue weighted by atomic mass is 9.72. The van der Waals surface area contributed by atoms with Gasteiger partial charge in [0.25, 0.3) is 11.8 Å². The van der Waals surface area contributed by atoms with Crippen LogP contribution in [0.3, 0.4) is 0 Å². The van der Waals surface area contributed by atoms with Crippen LogP contribution in [0.2, 0.25) is 0 Å². The average molecular weight is 1370 g/mol. The highest BCUT2D eigenvalue weighted by atomic mass is 32.1. The Morgan fingerprint density at radius 1 is 0.691 bits per heavy atom. The number of amides is 5. The summed E-state index contributed by atoms with van der Waals surface area (Å²) in [5, 5.41) is 11.3. The van der Waals surface area contributed by atoms with Crippen molar-refractivity contribution in [2.45, 2.75) is 107 Å². The maximum Gasteiger partial charge on any atom is 0.416 e. The fourth-order valence-corrected chi connectivity index (χ4v) is 15.2. The summed E-state index contributed by atoms with van der Waals surface area (Å²) in [6.07, 6.45) is -5.12. The summed E-state index contributed by atoms with van der Waals surface area (Å²) in [6.45, 7) is 6.77. The second kappa shape index (κ2) is 30.9. The van der Waals surface area contributed by atoms with Crippen LogP contribution in [0.5, 0.6) is 0 Å². The summed E-state index contributed by atoms with van der Waals surface area (Å²) in [7, 11) is 7.25. The fourth-order valence-electron chi connectivity index (χ4n) is 14.1. The van der Waals surface area contributed by atoms with Gasteiger partial charge in [-0.15, -0.1) is 11.3 Å². The monoisotopic (exact) mass is 1370 g/mol. The number of unbranched alkanes of at least 4 members (excludes halogenated alkanes) is 2. The third-order valence-electron chi connectivity index (χ3n) is 20.0. The van der Waals surface area contributed by atoms with Gasteiger partial charge in [-0.25, -0.2) is 9.18 Å². The molecule has 0 radical (unpaired) electrons. The number of nitrogens with zero attached hydrogens (tertiary/aromatic N) is 8. The van der Waals surface area contributed by atoms with E-state index in [2.05, 4.69) is 26.8 Å². The highest BCUT2D eigenvalue weighted by Crippen LogP contribution is 2.49. The Kier molecular flexibility index (Phi) is 22.9. The fraction of sp³-hybridized carbons (Fsp3) is 0.466. The minimum Gasteiger partial charge on any atom is -0.465 e. The van der Waals surface area contributed by atoms with Crippen molar-refractivity contribution >= 4 is 51.7 Å². The molecule has 520 valence electrons. The van der Waals surface area contributed by atoms with Crippen LogP contribution in [0.25, 0.3) is 11.1 Å².